The molecule has 0 amide bonds. The van der Waals surface area contributed by atoms with Gasteiger partial charge in [0.25, 0.3) is 5.91 Å². The third-order valence-electron chi connectivity index (χ3n) is 4.88. The molecule has 5 heteroatoms. The number of fused-ring (bicyclic) bond motifs is 1. The van der Waals surface area contributed by atoms with E-state index in [9.17, 15) is 4.79 Å². The molecule has 4 rings (SSSR count). The summed E-state index contributed by atoms with van der Waals surface area (Å²) in [6.45, 7) is 1.94. The number of hydrogen-bond acceptors (Lipinski definition) is 4. The van der Waals surface area contributed by atoms with E-state index in [2.05, 4.69) is 23.0 Å². The lowest BCUT2D eigenvalue weighted by atomic mass is 10.00. The Bertz CT molecular complexity index is 986. The Kier molecular flexibility index (Phi) is 4.31. The van der Waals surface area contributed by atoms with Crippen molar-refractivity contribution in [3.8, 4) is 5.75 Å². The number of carbonyl (C=O) groups is 1. The fourth-order valence-electron chi connectivity index (χ4n) is 3.36. The van der Waals surface area contributed by atoms with Crippen LogP contribution in [0.2, 0.25) is 0 Å². The van der Waals surface area contributed by atoms with Gasteiger partial charge >= 0.3 is 0 Å². The molecule has 1 aliphatic rings. The third kappa shape index (κ3) is 2.91. The van der Waals surface area contributed by atoms with E-state index in [4.69, 9.17) is 4.74 Å². The van der Waals surface area contributed by atoms with Gasteiger partial charge in [0.05, 0.1) is 7.11 Å². The predicted octanol–water partition coefficient (Wildman–Crippen LogP) is 3.45. The van der Waals surface area contributed by atoms with Crippen molar-refractivity contribution in [2.45, 2.75) is 6.42 Å². The van der Waals surface area contributed by atoms with Gasteiger partial charge in [-0.2, -0.15) is 0 Å². The molecule has 2 aromatic heterocycles. The number of carbonyl (C=O) groups excluding carboxylic acids is 1. The van der Waals surface area contributed by atoms with Gasteiger partial charge in [0.1, 0.15) is 11.4 Å². The quantitative estimate of drug-likeness (QED) is 0.728. The lowest BCUT2D eigenvalue weighted by Crippen LogP contribution is -2.23. The summed E-state index contributed by atoms with van der Waals surface area (Å²) in [5, 5.41) is 1.02. The van der Waals surface area contributed by atoms with Crippen LogP contribution in [0.25, 0.3) is 16.6 Å². The zero-order valence-electron chi connectivity index (χ0n) is 15.0. The monoisotopic (exact) mass is 347 g/mol. The molecule has 0 atom stereocenters. The average Bonchev–Trinajstić information content (AvgIpc) is 3.08. The van der Waals surface area contributed by atoms with Crippen molar-refractivity contribution in [3.05, 3.63) is 66.0 Å². The number of methoxy groups -OCH3 is 1. The third-order valence-corrected chi connectivity index (χ3v) is 4.88. The molecule has 0 saturated heterocycles. The van der Waals surface area contributed by atoms with E-state index >= 15 is 0 Å². The summed E-state index contributed by atoms with van der Waals surface area (Å²) in [6, 6.07) is 11.1. The number of hydrogen-bond donors (Lipinski definition) is 0. The summed E-state index contributed by atoms with van der Waals surface area (Å²) < 4.78 is 6.83. The first-order valence-corrected chi connectivity index (χ1v) is 8.70. The molecular weight excluding hydrogens is 326 g/mol. The van der Waals surface area contributed by atoms with Gasteiger partial charge in [-0.05, 0) is 55.4 Å². The normalized spacial score (nSPS) is 15.1. The fraction of sp³-hybridized carbons (Fsp3) is 0.238. The molecule has 3 aromatic rings. The highest BCUT2D eigenvalue weighted by Crippen LogP contribution is 2.30. The van der Waals surface area contributed by atoms with E-state index < -0.39 is 0 Å². The molecule has 0 saturated carbocycles. The molecule has 0 fully saturated rings. The molecular formula is C21H21N3O2. The Morgan fingerprint density at radius 1 is 1.19 bits per heavy atom. The minimum absolute atomic E-state index is 0.0869. The lowest BCUT2D eigenvalue weighted by molar-refractivity contribution is 0.0964. The second kappa shape index (κ2) is 6.77. The van der Waals surface area contributed by atoms with Crippen molar-refractivity contribution in [3.63, 3.8) is 0 Å². The molecule has 0 unspecified atom stereocenters. The second-order valence-electron chi connectivity index (χ2n) is 6.56. The first-order valence-electron chi connectivity index (χ1n) is 8.70. The van der Waals surface area contributed by atoms with Gasteiger partial charge in [0.2, 0.25) is 0 Å². The van der Waals surface area contributed by atoms with Crippen LogP contribution in [-0.4, -0.2) is 47.6 Å². The van der Waals surface area contributed by atoms with E-state index in [1.807, 2.05) is 18.3 Å². The minimum Gasteiger partial charge on any atom is -0.497 e. The number of benzene rings is 1. The first-order chi connectivity index (χ1) is 12.7. The predicted molar refractivity (Wildman–Crippen MR) is 103 cm³/mol. The van der Waals surface area contributed by atoms with Crippen LogP contribution in [0, 0.1) is 0 Å². The molecule has 132 valence electrons. The first kappa shape index (κ1) is 16.5. The van der Waals surface area contributed by atoms with E-state index in [0.29, 0.717) is 11.2 Å². The number of nitrogens with zero attached hydrogens (tertiary/aromatic N) is 3. The summed E-state index contributed by atoms with van der Waals surface area (Å²) in [4.78, 5) is 19.8. The topological polar surface area (TPSA) is 47.4 Å². The summed E-state index contributed by atoms with van der Waals surface area (Å²) in [5.41, 5.74) is 3.69. The molecule has 1 aromatic carbocycles. The van der Waals surface area contributed by atoms with E-state index in [0.717, 1.165) is 36.2 Å². The van der Waals surface area contributed by atoms with Gasteiger partial charge in [-0.15, -0.1) is 0 Å². The number of likely N-dealkylation sites (N-methyl/N-ethyl adjacent to an activating group) is 1. The standard InChI is InChI=1S/C21H21N3O2/c1-23-12-9-15(10-13-23)19-14-24(20-18(19)4-3-11-22-20)21(25)16-5-7-17(26-2)8-6-16/h3-9,11,14H,10,12-13H2,1-2H3. The molecule has 0 N–H and O–H groups in total. The van der Waals surface area contributed by atoms with Crippen LogP contribution in [0.5, 0.6) is 5.75 Å². The molecule has 0 radical (unpaired) electrons. The molecule has 0 spiro atoms. The minimum atomic E-state index is -0.0869. The van der Waals surface area contributed by atoms with Gasteiger partial charge < -0.3 is 9.64 Å². The SMILES string of the molecule is COc1ccc(C(=O)n2cc(C3=CCN(C)CC3)c3cccnc32)cc1. The van der Waals surface area contributed by atoms with Gasteiger partial charge in [0, 0.05) is 42.0 Å². The van der Waals surface area contributed by atoms with Crippen LogP contribution in [0.1, 0.15) is 22.3 Å². The number of aromatic nitrogens is 2. The van der Waals surface area contributed by atoms with E-state index in [1.54, 1.807) is 42.1 Å². The number of ether oxygens (including phenoxy) is 1. The second-order valence-corrected chi connectivity index (χ2v) is 6.56. The summed E-state index contributed by atoms with van der Waals surface area (Å²) in [7, 11) is 3.73. The van der Waals surface area contributed by atoms with Crippen LogP contribution in [0.3, 0.4) is 0 Å². The average molecular weight is 347 g/mol. The Balaban J connectivity index is 1.79. The maximum atomic E-state index is 13.1. The van der Waals surface area contributed by atoms with Gasteiger partial charge in [-0.3, -0.25) is 9.36 Å². The summed E-state index contributed by atoms with van der Waals surface area (Å²) in [5.74, 6) is 0.644. The molecule has 3 heterocycles. The van der Waals surface area contributed by atoms with Crippen LogP contribution in [0.15, 0.2) is 54.9 Å². The fourth-order valence-corrected chi connectivity index (χ4v) is 3.36. The van der Waals surface area contributed by atoms with Crippen molar-refractivity contribution in [2.75, 3.05) is 27.2 Å². The Morgan fingerprint density at radius 2 is 2.00 bits per heavy atom. The maximum Gasteiger partial charge on any atom is 0.263 e. The van der Waals surface area contributed by atoms with Crippen LogP contribution in [0.4, 0.5) is 0 Å². The van der Waals surface area contributed by atoms with Crippen molar-refractivity contribution < 1.29 is 9.53 Å². The van der Waals surface area contributed by atoms with Crippen LogP contribution >= 0.6 is 0 Å². The smallest absolute Gasteiger partial charge is 0.263 e. The van der Waals surface area contributed by atoms with E-state index in [-0.39, 0.29) is 5.91 Å². The Hall–Kier alpha value is -2.92. The highest BCUT2D eigenvalue weighted by Gasteiger charge is 2.19. The van der Waals surface area contributed by atoms with Crippen LogP contribution in [-0.2, 0) is 0 Å². The van der Waals surface area contributed by atoms with Gasteiger partial charge in [-0.25, -0.2) is 4.98 Å². The lowest BCUT2D eigenvalue weighted by Gasteiger charge is -2.21. The molecule has 1 aliphatic heterocycles. The zero-order valence-corrected chi connectivity index (χ0v) is 15.0. The highest BCUT2D eigenvalue weighted by atomic mass is 16.5. The van der Waals surface area contributed by atoms with E-state index in [1.165, 1.54) is 5.57 Å². The molecule has 0 aliphatic carbocycles. The highest BCUT2D eigenvalue weighted by molar-refractivity contribution is 6.04. The van der Waals surface area contributed by atoms with Crippen molar-refractivity contribution >= 4 is 22.5 Å². The summed E-state index contributed by atoms with van der Waals surface area (Å²) in [6.07, 6.45) is 6.88. The molecule has 26 heavy (non-hydrogen) atoms. The van der Waals surface area contributed by atoms with Gasteiger partial charge in [-0.1, -0.05) is 6.08 Å². The van der Waals surface area contributed by atoms with Gasteiger partial charge in [0.15, 0.2) is 0 Å². The Labute approximate surface area is 152 Å². The maximum absolute atomic E-state index is 13.1. The largest absolute Gasteiger partial charge is 0.497 e. The van der Waals surface area contributed by atoms with Crippen molar-refractivity contribution in [1.82, 2.24) is 14.5 Å². The molecule has 5 nitrogen and oxygen atoms in total. The summed E-state index contributed by atoms with van der Waals surface area (Å²) >= 11 is 0. The van der Waals surface area contributed by atoms with Crippen molar-refractivity contribution in [1.29, 1.82) is 0 Å². The Morgan fingerprint density at radius 3 is 2.69 bits per heavy atom. The molecule has 0 bridgehead atoms. The number of rotatable bonds is 3. The van der Waals surface area contributed by atoms with Crippen LogP contribution < -0.4 is 4.74 Å². The zero-order chi connectivity index (χ0) is 18.1. The van der Waals surface area contributed by atoms with Crippen molar-refractivity contribution in [2.24, 2.45) is 0 Å². The number of pyridine rings is 1.